The first-order valence-corrected chi connectivity index (χ1v) is 11.2. The number of benzene rings is 2. The molecule has 4 atom stereocenters. The van der Waals surface area contributed by atoms with E-state index in [4.69, 9.17) is 14.2 Å². The van der Waals surface area contributed by atoms with Crippen molar-refractivity contribution in [3.8, 4) is 5.75 Å². The van der Waals surface area contributed by atoms with Crippen LogP contribution in [0.3, 0.4) is 0 Å². The van der Waals surface area contributed by atoms with Gasteiger partial charge in [-0.1, -0.05) is 18.2 Å². The summed E-state index contributed by atoms with van der Waals surface area (Å²) >= 11 is 0. The molecule has 7 nitrogen and oxygen atoms in total. The highest BCUT2D eigenvalue weighted by atomic mass is 16.7. The first kappa shape index (κ1) is 21.0. The SMILES string of the molecule is COc1ccc2[nH]c3c(c2c1)CCN[C@@H]3C[C@H]1OC[C@@H](NC(=O)c2ccccc2)[C@@H](C)O1. The maximum Gasteiger partial charge on any atom is 0.251 e. The van der Waals surface area contributed by atoms with E-state index in [1.807, 2.05) is 31.2 Å². The Kier molecular flexibility index (Phi) is 5.87. The van der Waals surface area contributed by atoms with Gasteiger partial charge in [0.25, 0.3) is 5.91 Å². The lowest BCUT2D eigenvalue weighted by molar-refractivity contribution is -0.223. The Hall–Kier alpha value is -2.87. The van der Waals surface area contributed by atoms with Crippen molar-refractivity contribution in [2.45, 2.75) is 44.2 Å². The molecule has 1 amide bonds. The van der Waals surface area contributed by atoms with E-state index in [2.05, 4.69) is 27.8 Å². The molecule has 3 heterocycles. The average Bonchev–Trinajstić information content (AvgIpc) is 3.20. The lowest BCUT2D eigenvalue weighted by Crippen LogP contribution is -2.52. The predicted molar refractivity (Wildman–Crippen MR) is 122 cm³/mol. The Morgan fingerprint density at radius 3 is 2.84 bits per heavy atom. The monoisotopic (exact) mass is 435 g/mol. The molecule has 32 heavy (non-hydrogen) atoms. The van der Waals surface area contributed by atoms with E-state index in [1.165, 1.54) is 16.6 Å². The van der Waals surface area contributed by atoms with Crippen LogP contribution in [0.1, 0.15) is 41.0 Å². The van der Waals surface area contributed by atoms with Crippen molar-refractivity contribution in [3.63, 3.8) is 0 Å². The van der Waals surface area contributed by atoms with E-state index in [-0.39, 0.29) is 30.4 Å². The number of amides is 1. The molecule has 7 heteroatoms. The zero-order chi connectivity index (χ0) is 22.1. The standard InChI is InChI=1S/C25H29N3O4/c1-15-22(28-25(29)16-6-4-3-5-7-16)14-31-23(32-15)13-21-24-18(10-11-26-21)19-12-17(30-2)8-9-20(19)27-24/h3-9,12,15,21-23,26-27H,10-11,13-14H2,1-2H3,(H,28,29)/t15-,21-,22-,23+/m1/s1. The van der Waals surface area contributed by atoms with Gasteiger partial charge in [-0.25, -0.2) is 0 Å². The van der Waals surface area contributed by atoms with Gasteiger partial charge in [-0.3, -0.25) is 4.79 Å². The number of ether oxygens (including phenoxy) is 3. The number of nitrogens with one attached hydrogen (secondary N) is 3. The van der Waals surface area contributed by atoms with Crippen LogP contribution in [-0.2, 0) is 15.9 Å². The van der Waals surface area contributed by atoms with E-state index in [0.717, 1.165) is 24.2 Å². The maximum absolute atomic E-state index is 12.5. The number of H-pyrrole nitrogens is 1. The summed E-state index contributed by atoms with van der Waals surface area (Å²) in [5.74, 6) is 0.755. The van der Waals surface area contributed by atoms with Crippen LogP contribution in [0.15, 0.2) is 48.5 Å². The van der Waals surface area contributed by atoms with Gasteiger partial charge >= 0.3 is 0 Å². The van der Waals surface area contributed by atoms with Crippen molar-refractivity contribution < 1.29 is 19.0 Å². The summed E-state index contributed by atoms with van der Waals surface area (Å²) in [5.41, 5.74) is 4.28. The summed E-state index contributed by atoms with van der Waals surface area (Å²) in [6.45, 7) is 3.31. The number of aromatic amines is 1. The van der Waals surface area contributed by atoms with Gasteiger partial charge in [0.15, 0.2) is 6.29 Å². The van der Waals surface area contributed by atoms with E-state index in [9.17, 15) is 4.79 Å². The highest BCUT2D eigenvalue weighted by Gasteiger charge is 2.34. The number of methoxy groups -OCH3 is 1. The zero-order valence-electron chi connectivity index (χ0n) is 18.4. The van der Waals surface area contributed by atoms with Crippen molar-refractivity contribution in [1.29, 1.82) is 0 Å². The number of carbonyl (C=O) groups excluding carboxylic acids is 1. The summed E-state index contributed by atoms with van der Waals surface area (Å²) in [5, 5.41) is 7.85. The summed E-state index contributed by atoms with van der Waals surface area (Å²) in [4.78, 5) is 16.1. The largest absolute Gasteiger partial charge is 0.497 e. The van der Waals surface area contributed by atoms with Gasteiger partial charge in [0.1, 0.15) is 5.75 Å². The summed E-state index contributed by atoms with van der Waals surface area (Å²) in [6, 6.07) is 15.3. The second-order valence-electron chi connectivity index (χ2n) is 8.47. The van der Waals surface area contributed by atoms with Crippen LogP contribution in [0.5, 0.6) is 5.75 Å². The Morgan fingerprint density at radius 1 is 1.22 bits per heavy atom. The van der Waals surface area contributed by atoms with Crippen LogP contribution < -0.4 is 15.4 Å². The average molecular weight is 436 g/mol. The molecule has 168 valence electrons. The third-order valence-corrected chi connectivity index (χ3v) is 6.44. The van der Waals surface area contributed by atoms with Crippen LogP contribution in [0.2, 0.25) is 0 Å². The maximum atomic E-state index is 12.5. The van der Waals surface area contributed by atoms with Crippen LogP contribution in [0.25, 0.3) is 10.9 Å². The van der Waals surface area contributed by atoms with Crippen molar-refractivity contribution in [2.24, 2.45) is 0 Å². The van der Waals surface area contributed by atoms with Gasteiger partial charge in [-0.05, 0) is 55.8 Å². The van der Waals surface area contributed by atoms with E-state index in [1.54, 1.807) is 19.2 Å². The molecule has 2 aliphatic heterocycles. The van der Waals surface area contributed by atoms with E-state index in [0.29, 0.717) is 18.6 Å². The van der Waals surface area contributed by atoms with Crippen molar-refractivity contribution in [1.82, 2.24) is 15.6 Å². The Morgan fingerprint density at radius 2 is 2.06 bits per heavy atom. The molecule has 0 saturated carbocycles. The zero-order valence-corrected chi connectivity index (χ0v) is 18.4. The minimum atomic E-state index is -0.334. The molecule has 2 aliphatic rings. The van der Waals surface area contributed by atoms with Crippen LogP contribution in [0.4, 0.5) is 0 Å². The van der Waals surface area contributed by atoms with Crippen LogP contribution in [0, 0.1) is 0 Å². The second-order valence-corrected chi connectivity index (χ2v) is 8.47. The van der Waals surface area contributed by atoms with Gasteiger partial charge in [0.2, 0.25) is 0 Å². The highest BCUT2D eigenvalue weighted by molar-refractivity contribution is 5.94. The molecule has 3 N–H and O–H groups in total. The lowest BCUT2D eigenvalue weighted by Gasteiger charge is -2.37. The molecule has 1 aromatic heterocycles. The second kappa shape index (κ2) is 8.94. The number of rotatable bonds is 5. The molecule has 1 fully saturated rings. The van der Waals surface area contributed by atoms with Gasteiger partial charge in [0.05, 0.1) is 31.9 Å². The van der Waals surface area contributed by atoms with Gasteiger partial charge < -0.3 is 29.8 Å². The minimum absolute atomic E-state index is 0.111. The first-order chi connectivity index (χ1) is 15.6. The number of carbonyl (C=O) groups is 1. The topological polar surface area (TPSA) is 84.6 Å². The smallest absolute Gasteiger partial charge is 0.251 e. The van der Waals surface area contributed by atoms with Crippen molar-refractivity contribution in [3.05, 3.63) is 65.4 Å². The molecule has 5 rings (SSSR count). The van der Waals surface area contributed by atoms with Crippen LogP contribution in [-0.4, -0.2) is 49.6 Å². The van der Waals surface area contributed by atoms with E-state index >= 15 is 0 Å². The van der Waals surface area contributed by atoms with E-state index < -0.39 is 0 Å². The molecule has 0 unspecified atom stereocenters. The van der Waals surface area contributed by atoms with Gasteiger partial charge in [-0.15, -0.1) is 0 Å². The number of hydrogen-bond donors (Lipinski definition) is 3. The fourth-order valence-electron chi connectivity index (χ4n) is 4.65. The molecule has 1 saturated heterocycles. The third kappa shape index (κ3) is 4.11. The number of hydrogen-bond acceptors (Lipinski definition) is 5. The van der Waals surface area contributed by atoms with Gasteiger partial charge in [0, 0.05) is 28.6 Å². The third-order valence-electron chi connectivity index (χ3n) is 6.44. The quantitative estimate of drug-likeness (QED) is 0.573. The molecule has 0 radical (unpaired) electrons. The lowest BCUT2D eigenvalue weighted by atomic mass is 9.97. The van der Waals surface area contributed by atoms with Gasteiger partial charge in [-0.2, -0.15) is 0 Å². The Labute approximate surface area is 187 Å². The molecule has 0 spiro atoms. The molecular formula is C25H29N3O4. The van der Waals surface area contributed by atoms with Crippen molar-refractivity contribution >= 4 is 16.8 Å². The minimum Gasteiger partial charge on any atom is -0.497 e. The fraction of sp³-hybridized carbons (Fsp3) is 0.400. The fourth-order valence-corrected chi connectivity index (χ4v) is 4.65. The molecule has 3 aromatic rings. The predicted octanol–water partition coefficient (Wildman–Crippen LogP) is 3.31. The highest BCUT2D eigenvalue weighted by Crippen LogP contribution is 2.35. The molecule has 2 aromatic carbocycles. The van der Waals surface area contributed by atoms with Crippen molar-refractivity contribution in [2.75, 3.05) is 20.3 Å². The van der Waals surface area contributed by atoms with Crippen LogP contribution >= 0.6 is 0 Å². The summed E-state index contributed by atoms with van der Waals surface area (Å²) < 4.78 is 17.6. The molecule has 0 bridgehead atoms. The molecular weight excluding hydrogens is 406 g/mol. The first-order valence-electron chi connectivity index (χ1n) is 11.2. The molecule has 0 aliphatic carbocycles. The summed E-state index contributed by atoms with van der Waals surface area (Å²) in [7, 11) is 1.69. The normalized spacial score (nSPS) is 25.3. The Balaban J connectivity index is 1.24. The number of aromatic nitrogens is 1. The number of fused-ring (bicyclic) bond motifs is 3. The Bertz CT molecular complexity index is 1100. The summed E-state index contributed by atoms with van der Waals surface area (Å²) in [6.07, 6.45) is 1.19.